The maximum absolute atomic E-state index is 4.86. The summed E-state index contributed by atoms with van der Waals surface area (Å²) in [5.74, 6) is 7.84. The highest BCUT2D eigenvalue weighted by molar-refractivity contribution is 5.75. The minimum absolute atomic E-state index is 0.0195. The van der Waals surface area contributed by atoms with Gasteiger partial charge in [0.1, 0.15) is 0 Å². The van der Waals surface area contributed by atoms with Crippen LogP contribution in [0.2, 0.25) is 0 Å². The molecule has 0 saturated carbocycles. The molecule has 2 aliphatic heterocycles. The lowest BCUT2D eigenvalue weighted by atomic mass is 9.62. The van der Waals surface area contributed by atoms with Gasteiger partial charge in [-0.15, -0.1) is 0 Å². The van der Waals surface area contributed by atoms with Crippen molar-refractivity contribution in [3.05, 3.63) is 156 Å². The Kier molecular flexibility index (Phi) is 8.49. The van der Waals surface area contributed by atoms with Crippen molar-refractivity contribution in [2.75, 3.05) is 4.90 Å². The molecule has 2 heterocycles. The van der Waals surface area contributed by atoms with Crippen LogP contribution in [0.1, 0.15) is 52.9 Å². The zero-order valence-electron chi connectivity index (χ0n) is 26.5. The second kappa shape index (κ2) is 12.6. The first-order chi connectivity index (χ1) is 21.6. The highest BCUT2D eigenvalue weighted by atomic mass is 15.3. The van der Waals surface area contributed by atoms with Crippen LogP contribution in [-0.4, -0.2) is 17.0 Å². The van der Waals surface area contributed by atoms with Gasteiger partial charge < -0.3 is 9.80 Å². The lowest BCUT2D eigenvalue weighted by Gasteiger charge is -2.57. The van der Waals surface area contributed by atoms with Gasteiger partial charge in [0.2, 0.25) is 0 Å². The van der Waals surface area contributed by atoms with Crippen LogP contribution in [-0.2, 0) is 0 Å². The summed E-state index contributed by atoms with van der Waals surface area (Å²) in [7, 11) is 0. The van der Waals surface area contributed by atoms with Crippen LogP contribution < -0.4 is 4.90 Å². The van der Waals surface area contributed by atoms with Crippen LogP contribution in [0.4, 0.5) is 11.4 Å². The second-order valence-electron chi connectivity index (χ2n) is 12.1. The summed E-state index contributed by atoms with van der Waals surface area (Å²) >= 11 is 0. The third kappa shape index (κ3) is 4.95. The maximum atomic E-state index is 4.86. The van der Waals surface area contributed by atoms with E-state index in [1.165, 1.54) is 16.7 Å². The van der Waals surface area contributed by atoms with Gasteiger partial charge in [0.05, 0.1) is 11.7 Å². The number of hydrogen-bond donors (Lipinski definition) is 0. The molecule has 2 unspecified atom stereocenters. The van der Waals surface area contributed by atoms with E-state index in [4.69, 9.17) is 6.58 Å². The van der Waals surface area contributed by atoms with Gasteiger partial charge in [-0.1, -0.05) is 130 Å². The molecule has 3 atom stereocenters. The Balaban J connectivity index is 1.64. The number of allylic oxidation sites excluding steroid dienone is 7. The lowest BCUT2D eigenvalue weighted by molar-refractivity contribution is 0.0804. The van der Waals surface area contributed by atoms with E-state index >= 15 is 0 Å². The van der Waals surface area contributed by atoms with Gasteiger partial charge in [-0.3, -0.25) is 0 Å². The maximum Gasteiger partial charge on any atom is 0.0762 e. The van der Waals surface area contributed by atoms with E-state index in [0.717, 1.165) is 60.4 Å². The first-order valence-corrected chi connectivity index (χ1v) is 16.3. The molecule has 4 aliphatic rings. The van der Waals surface area contributed by atoms with Crippen LogP contribution >= 0.6 is 0 Å². The average Bonchev–Trinajstić information content (AvgIpc) is 3.31. The zero-order valence-corrected chi connectivity index (χ0v) is 26.5. The van der Waals surface area contributed by atoms with Gasteiger partial charge in [0.15, 0.2) is 0 Å². The van der Waals surface area contributed by atoms with Crippen LogP contribution in [0.15, 0.2) is 156 Å². The van der Waals surface area contributed by atoms with Crippen LogP contribution in [0.25, 0.3) is 0 Å². The molecule has 2 nitrogen and oxygen atoms in total. The van der Waals surface area contributed by atoms with E-state index in [0.29, 0.717) is 5.92 Å². The molecule has 2 aromatic rings. The lowest BCUT2D eigenvalue weighted by Crippen LogP contribution is -2.57. The number of rotatable bonds is 8. The summed E-state index contributed by atoms with van der Waals surface area (Å²) in [5, 5.41) is 0. The van der Waals surface area contributed by atoms with Gasteiger partial charge in [-0.25, -0.2) is 0 Å². The SMILES string of the molecule is C=C/C=C1\C(=C)N2C(C=C1N(c1ccccc1)c1ccccc1)C1=C(C#CCC(C3C=CC=CC3)=C1)C(CC)(CC)[C@@H]2CC. The van der Waals surface area contributed by atoms with Gasteiger partial charge in [0, 0.05) is 52.0 Å². The summed E-state index contributed by atoms with van der Waals surface area (Å²) in [6, 6.07) is 21.6. The molecule has 0 spiro atoms. The van der Waals surface area contributed by atoms with Crippen molar-refractivity contribution in [1.29, 1.82) is 0 Å². The second-order valence-corrected chi connectivity index (χ2v) is 12.1. The summed E-state index contributed by atoms with van der Waals surface area (Å²) in [6.45, 7) is 16.0. The first-order valence-electron chi connectivity index (χ1n) is 16.3. The van der Waals surface area contributed by atoms with Gasteiger partial charge in [-0.05, 0) is 61.6 Å². The molecule has 44 heavy (non-hydrogen) atoms. The van der Waals surface area contributed by atoms with Crippen LogP contribution in [0.3, 0.4) is 0 Å². The summed E-state index contributed by atoms with van der Waals surface area (Å²) < 4.78 is 0. The Morgan fingerprint density at radius 3 is 2.23 bits per heavy atom. The molecule has 2 aromatic carbocycles. The number of hydrogen-bond acceptors (Lipinski definition) is 2. The Morgan fingerprint density at radius 1 is 0.977 bits per heavy atom. The quantitative estimate of drug-likeness (QED) is 0.289. The molecule has 0 bridgehead atoms. The first kappa shape index (κ1) is 29.6. The van der Waals surface area contributed by atoms with Gasteiger partial charge in [-0.2, -0.15) is 0 Å². The molecule has 222 valence electrons. The van der Waals surface area contributed by atoms with Crippen molar-refractivity contribution in [2.45, 2.75) is 65.0 Å². The summed E-state index contributed by atoms with van der Waals surface area (Å²) in [6.07, 6.45) is 23.0. The number of anilines is 2. The molecule has 2 heteroatoms. The minimum atomic E-state index is -0.0477. The van der Waals surface area contributed by atoms with Crippen molar-refractivity contribution in [3.63, 3.8) is 0 Å². The van der Waals surface area contributed by atoms with Crippen molar-refractivity contribution in [1.82, 2.24) is 4.90 Å². The highest BCUT2D eigenvalue weighted by Crippen LogP contribution is 2.54. The highest BCUT2D eigenvalue weighted by Gasteiger charge is 2.51. The van der Waals surface area contributed by atoms with Crippen molar-refractivity contribution >= 4 is 11.4 Å². The molecule has 6 rings (SSSR count). The fourth-order valence-electron chi connectivity index (χ4n) is 7.94. The number of benzene rings is 2. The largest absolute Gasteiger partial charge is 0.357 e. The van der Waals surface area contributed by atoms with Crippen LogP contribution in [0, 0.1) is 23.2 Å². The summed E-state index contributed by atoms with van der Waals surface area (Å²) in [5.41, 5.74) is 9.58. The molecule has 2 aliphatic carbocycles. The van der Waals surface area contributed by atoms with Crippen molar-refractivity contribution < 1.29 is 0 Å². The van der Waals surface area contributed by atoms with Crippen molar-refractivity contribution in [3.8, 4) is 11.8 Å². The third-order valence-electron chi connectivity index (χ3n) is 10.1. The van der Waals surface area contributed by atoms with Gasteiger partial charge in [0.25, 0.3) is 0 Å². The van der Waals surface area contributed by atoms with Crippen LogP contribution in [0.5, 0.6) is 0 Å². The zero-order chi connectivity index (χ0) is 30.7. The normalized spacial score (nSPS) is 24.4. The fourth-order valence-corrected chi connectivity index (χ4v) is 7.94. The number of fused-ring (bicyclic) bond motifs is 2. The molecule has 0 amide bonds. The monoisotopic (exact) mass is 576 g/mol. The summed E-state index contributed by atoms with van der Waals surface area (Å²) in [4.78, 5) is 5.01. The molecule has 0 fully saturated rings. The van der Waals surface area contributed by atoms with E-state index in [9.17, 15) is 0 Å². The standard InChI is InChI=1S/C42H44N2/c1-6-20-36-31(5)43-40(30-39(36)44(34-24-15-11-16-25-34)35-26-17-12-18-27-35)37-29-33(32-21-13-10-14-22-32)23-19-28-38(37)42(8-3,9-4)41(43)7-2/h6,10-18,20-21,24-27,29-30,32,40-41H,1,5,7-9,22-23H2,2-4H3/b36-20+/t32?,40?,41-/m0/s1. The topological polar surface area (TPSA) is 6.48 Å². The molecule has 0 radical (unpaired) electrons. The Hall–Kier alpha value is -4.48. The van der Waals surface area contributed by atoms with Crippen molar-refractivity contribution in [2.24, 2.45) is 11.3 Å². The molecule has 0 aromatic heterocycles. The third-order valence-corrected chi connectivity index (χ3v) is 10.1. The fraction of sp³-hybridized carbons (Fsp3) is 0.286. The number of para-hydroxylation sites is 2. The molecule has 0 N–H and O–H groups in total. The van der Waals surface area contributed by atoms with E-state index in [1.54, 1.807) is 0 Å². The van der Waals surface area contributed by atoms with Gasteiger partial charge >= 0.3 is 0 Å². The average molecular weight is 577 g/mol. The van der Waals surface area contributed by atoms with E-state index in [1.807, 2.05) is 6.08 Å². The predicted molar refractivity (Wildman–Crippen MR) is 187 cm³/mol. The minimum Gasteiger partial charge on any atom is -0.357 e. The Morgan fingerprint density at radius 2 is 1.66 bits per heavy atom. The molecular weight excluding hydrogens is 532 g/mol. The molecular formula is C42H44N2. The smallest absolute Gasteiger partial charge is 0.0762 e. The predicted octanol–water partition coefficient (Wildman–Crippen LogP) is 10.4. The molecule has 0 saturated heterocycles. The Labute approximate surface area is 264 Å². The van der Waals surface area contributed by atoms with E-state index in [2.05, 4.69) is 152 Å². The van der Waals surface area contributed by atoms with E-state index < -0.39 is 0 Å². The Bertz CT molecular complexity index is 1620. The van der Waals surface area contributed by atoms with E-state index in [-0.39, 0.29) is 17.5 Å². The number of nitrogens with zero attached hydrogens (tertiary/aromatic N) is 2.